The summed E-state index contributed by atoms with van der Waals surface area (Å²) in [5.41, 5.74) is 3.68. The van der Waals surface area contributed by atoms with Gasteiger partial charge in [0.1, 0.15) is 5.75 Å². The molecule has 0 spiro atoms. The molecule has 1 atom stereocenters. The van der Waals surface area contributed by atoms with Gasteiger partial charge in [0.05, 0.1) is 7.11 Å². The number of methoxy groups -OCH3 is 1. The van der Waals surface area contributed by atoms with Gasteiger partial charge in [-0.3, -0.25) is 4.68 Å². The molecule has 4 nitrogen and oxygen atoms in total. The quantitative estimate of drug-likeness (QED) is 0.879. The van der Waals surface area contributed by atoms with Crippen LogP contribution in [0.5, 0.6) is 5.75 Å². The summed E-state index contributed by atoms with van der Waals surface area (Å²) in [5, 5.41) is 7.59. The maximum absolute atomic E-state index is 5.41. The molecule has 0 aliphatic heterocycles. The first kappa shape index (κ1) is 14.6. The average molecular weight is 273 g/mol. The first-order chi connectivity index (χ1) is 9.65. The number of rotatable bonds is 6. The maximum atomic E-state index is 5.41. The van der Waals surface area contributed by atoms with Crippen molar-refractivity contribution in [2.45, 2.75) is 25.8 Å². The van der Waals surface area contributed by atoms with Crippen LogP contribution in [-0.2, 0) is 13.5 Å². The summed E-state index contributed by atoms with van der Waals surface area (Å²) in [6.45, 7) is 2.06. The summed E-state index contributed by atoms with van der Waals surface area (Å²) in [6.07, 6.45) is 3.87. The van der Waals surface area contributed by atoms with E-state index in [9.17, 15) is 0 Å². The number of hydrogen-bond donors (Lipinski definition) is 1. The standard InChI is InChI=1S/C16H23N3O/c1-12-5-6-13(11-16(12)20-4)15(17-2)8-7-14-9-10-18-19(14)3/h5-6,9-11,15,17H,7-8H2,1-4H3. The molecule has 1 aromatic heterocycles. The number of nitrogens with one attached hydrogen (secondary N) is 1. The highest BCUT2D eigenvalue weighted by atomic mass is 16.5. The molecule has 0 aliphatic carbocycles. The molecule has 4 heteroatoms. The molecule has 1 heterocycles. The minimum absolute atomic E-state index is 0.319. The second-order valence-electron chi connectivity index (χ2n) is 5.06. The summed E-state index contributed by atoms with van der Waals surface area (Å²) in [7, 11) is 5.70. The Bertz CT molecular complexity index is 563. The smallest absolute Gasteiger partial charge is 0.122 e. The van der Waals surface area contributed by atoms with Gasteiger partial charge in [-0.25, -0.2) is 0 Å². The fourth-order valence-electron chi connectivity index (χ4n) is 2.47. The summed E-state index contributed by atoms with van der Waals surface area (Å²) in [5.74, 6) is 0.947. The van der Waals surface area contributed by atoms with Gasteiger partial charge in [-0.15, -0.1) is 0 Å². The topological polar surface area (TPSA) is 39.1 Å². The second-order valence-corrected chi connectivity index (χ2v) is 5.06. The highest BCUT2D eigenvalue weighted by molar-refractivity contribution is 5.37. The van der Waals surface area contributed by atoms with E-state index in [1.165, 1.54) is 11.3 Å². The molecule has 0 saturated carbocycles. The van der Waals surface area contributed by atoms with Gasteiger partial charge in [-0.2, -0.15) is 5.10 Å². The normalized spacial score (nSPS) is 12.4. The number of aromatic nitrogens is 2. The van der Waals surface area contributed by atoms with E-state index in [0.717, 1.165) is 24.2 Å². The van der Waals surface area contributed by atoms with E-state index >= 15 is 0 Å². The fourth-order valence-corrected chi connectivity index (χ4v) is 2.47. The van der Waals surface area contributed by atoms with Crippen molar-refractivity contribution >= 4 is 0 Å². The molecule has 20 heavy (non-hydrogen) atoms. The zero-order valence-corrected chi connectivity index (χ0v) is 12.7. The van der Waals surface area contributed by atoms with Gasteiger partial charge in [0.25, 0.3) is 0 Å². The first-order valence-corrected chi connectivity index (χ1v) is 6.94. The second kappa shape index (κ2) is 6.57. The zero-order valence-electron chi connectivity index (χ0n) is 12.7. The zero-order chi connectivity index (χ0) is 14.5. The lowest BCUT2D eigenvalue weighted by Crippen LogP contribution is -2.17. The predicted octanol–water partition coefficient (Wildman–Crippen LogP) is 2.63. The molecule has 1 aromatic carbocycles. The maximum Gasteiger partial charge on any atom is 0.122 e. The van der Waals surface area contributed by atoms with E-state index in [-0.39, 0.29) is 0 Å². The number of benzene rings is 1. The molecule has 1 N–H and O–H groups in total. The van der Waals surface area contributed by atoms with E-state index in [2.05, 4.69) is 41.6 Å². The van der Waals surface area contributed by atoms with E-state index in [1.54, 1.807) is 7.11 Å². The Balaban J connectivity index is 2.10. The van der Waals surface area contributed by atoms with Crippen molar-refractivity contribution in [1.82, 2.24) is 15.1 Å². The van der Waals surface area contributed by atoms with Crippen LogP contribution in [0.15, 0.2) is 30.5 Å². The number of aryl methyl sites for hydroxylation is 3. The molecule has 0 fully saturated rings. The summed E-state index contributed by atoms with van der Waals surface area (Å²) < 4.78 is 7.34. The molecule has 108 valence electrons. The summed E-state index contributed by atoms with van der Waals surface area (Å²) in [4.78, 5) is 0. The van der Waals surface area contributed by atoms with Gasteiger partial charge in [0.2, 0.25) is 0 Å². The van der Waals surface area contributed by atoms with E-state index in [4.69, 9.17) is 4.74 Å². The third kappa shape index (κ3) is 3.20. The molecule has 0 aliphatic rings. The van der Waals surface area contributed by atoms with E-state index < -0.39 is 0 Å². The molecular weight excluding hydrogens is 250 g/mol. The minimum Gasteiger partial charge on any atom is -0.496 e. The molecule has 0 saturated heterocycles. The number of ether oxygens (including phenoxy) is 1. The highest BCUT2D eigenvalue weighted by Crippen LogP contribution is 2.25. The van der Waals surface area contributed by atoms with Gasteiger partial charge in [-0.05, 0) is 50.1 Å². The molecule has 0 radical (unpaired) electrons. The lowest BCUT2D eigenvalue weighted by Gasteiger charge is -2.18. The molecule has 2 aromatic rings. The van der Waals surface area contributed by atoms with Crippen molar-refractivity contribution < 1.29 is 4.74 Å². The Morgan fingerprint density at radius 1 is 1.35 bits per heavy atom. The lowest BCUT2D eigenvalue weighted by atomic mass is 9.99. The minimum atomic E-state index is 0.319. The van der Waals surface area contributed by atoms with Crippen LogP contribution in [0.3, 0.4) is 0 Å². The third-order valence-corrected chi connectivity index (χ3v) is 3.79. The monoisotopic (exact) mass is 273 g/mol. The largest absolute Gasteiger partial charge is 0.496 e. The van der Waals surface area contributed by atoms with Crippen LogP contribution < -0.4 is 10.1 Å². The molecule has 0 bridgehead atoms. The van der Waals surface area contributed by atoms with Gasteiger partial charge in [0, 0.05) is 25.0 Å². The Kier molecular flexibility index (Phi) is 4.79. The number of nitrogens with zero attached hydrogens (tertiary/aromatic N) is 2. The van der Waals surface area contributed by atoms with Crippen molar-refractivity contribution in [3.63, 3.8) is 0 Å². The Hall–Kier alpha value is -1.81. The van der Waals surface area contributed by atoms with Gasteiger partial charge in [-0.1, -0.05) is 12.1 Å². The summed E-state index contributed by atoms with van der Waals surface area (Å²) >= 11 is 0. The van der Waals surface area contributed by atoms with Crippen molar-refractivity contribution in [3.05, 3.63) is 47.3 Å². The van der Waals surface area contributed by atoms with Gasteiger partial charge in [0.15, 0.2) is 0 Å². The van der Waals surface area contributed by atoms with Gasteiger partial charge < -0.3 is 10.1 Å². The predicted molar refractivity (Wildman–Crippen MR) is 81.1 cm³/mol. The molecule has 1 unspecified atom stereocenters. The van der Waals surface area contributed by atoms with E-state index in [0.29, 0.717) is 6.04 Å². The van der Waals surface area contributed by atoms with Crippen LogP contribution in [-0.4, -0.2) is 23.9 Å². The lowest BCUT2D eigenvalue weighted by molar-refractivity contribution is 0.409. The van der Waals surface area contributed by atoms with E-state index in [1.807, 2.05) is 25.0 Å². The van der Waals surface area contributed by atoms with Crippen LogP contribution in [0.2, 0.25) is 0 Å². The van der Waals surface area contributed by atoms with Crippen molar-refractivity contribution in [3.8, 4) is 5.75 Å². The average Bonchev–Trinajstić information content (AvgIpc) is 2.86. The SMILES string of the molecule is CNC(CCc1ccnn1C)c1ccc(C)c(OC)c1. The van der Waals surface area contributed by atoms with Crippen LogP contribution in [0, 0.1) is 6.92 Å². The van der Waals surface area contributed by atoms with Crippen molar-refractivity contribution in [1.29, 1.82) is 0 Å². The molecule has 0 amide bonds. The van der Waals surface area contributed by atoms with Crippen LogP contribution >= 0.6 is 0 Å². The fraction of sp³-hybridized carbons (Fsp3) is 0.438. The van der Waals surface area contributed by atoms with Crippen LogP contribution in [0.1, 0.15) is 29.3 Å². The van der Waals surface area contributed by atoms with Crippen LogP contribution in [0.4, 0.5) is 0 Å². The summed E-state index contributed by atoms with van der Waals surface area (Å²) in [6, 6.07) is 8.80. The Labute approximate surface area is 120 Å². The third-order valence-electron chi connectivity index (χ3n) is 3.79. The number of hydrogen-bond acceptors (Lipinski definition) is 3. The Morgan fingerprint density at radius 3 is 2.75 bits per heavy atom. The van der Waals surface area contributed by atoms with Gasteiger partial charge >= 0.3 is 0 Å². The Morgan fingerprint density at radius 2 is 2.15 bits per heavy atom. The molecular formula is C16H23N3O. The first-order valence-electron chi connectivity index (χ1n) is 6.94. The molecule has 2 rings (SSSR count). The van der Waals surface area contributed by atoms with Crippen molar-refractivity contribution in [2.75, 3.05) is 14.2 Å². The highest BCUT2D eigenvalue weighted by Gasteiger charge is 2.12. The van der Waals surface area contributed by atoms with Crippen LogP contribution in [0.25, 0.3) is 0 Å². The van der Waals surface area contributed by atoms with Crippen molar-refractivity contribution in [2.24, 2.45) is 7.05 Å².